The van der Waals surface area contributed by atoms with Crippen LogP contribution in [0.2, 0.25) is 0 Å². The monoisotopic (exact) mass is 345 g/mol. The summed E-state index contributed by atoms with van der Waals surface area (Å²) >= 11 is 0. The zero-order chi connectivity index (χ0) is 17.3. The molecule has 0 aliphatic heterocycles. The van der Waals surface area contributed by atoms with Crippen LogP contribution < -0.4 is 5.73 Å². The molecule has 0 amide bonds. The number of hydrogen-bond acceptors (Lipinski definition) is 4. The molecular weight excluding hydrogens is 329 g/mol. The van der Waals surface area contributed by atoms with Gasteiger partial charge in [-0.15, -0.1) is 0 Å². The van der Waals surface area contributed by atoms with Gasteiger partial charge in [0.05, 0.1) is 22.0 Å². The Balaban J connectivity index is 2.10. The molecular formula is C17H16FN3O2S. The summed E-state index contributed by atoms with van der Waals surface area (Å²) in [5, 5.41) is 4.43. The topological polar surface area (TPSA) is 78.0 Å². The van der Waals surface area contributed by atoms with Gasteiger partial charge in [-0.2, -0.15) is 5.10 Å². The van der Waals surface area contributed by atoms with Crippen molar-refractivity contribution in [3.05, 3.63) is 66.1 Å². The van der Waals surface area contributed by atoms with Gasteiger partial charge in [-0.3, -0.25) is 0 Å². The molecule has 0 fully saturated rings. The van der Waals surface area contributed by atoms with Gasteiger partial charge in [0.15, 0.2) is 9.84 Å². The van der Waals surface area contributed by atoms with Gasteiger partial charge in [0.2, 0.25) is 0 Å². The fourth-order valence-corrected chi connectivity index (χ4v) is 3.02. The fraction of sp³-hybridized carbons (Fsp3) is 0.118. The summed E-state index contributed by atoms with van der Waals surface area (Å²) in [5.41, 5.74) is 8.60. The number of sulfone groups is 1. The molecule has 0 saturated carbocycles. The number of hydrogen-bond donors (Lipinski definition) is 1. The second-order valence-corrected chi connectivity index (χ2v) is 7.43. The Hall–Kier alpha value is -2.51. The largest absolute Gasteiger partial charge is 0.325 e. The maximum absolute atomic E-state index is 13.1. The highest BCUT2D eigenvalue weighted by Crippen LogP contribution is 2.25. The molecule has 24 heavy (non-hydrogen) atoms. The first-order valence-corrected chi connectivity index (χ1v) is 9.13. The fourth-order valence-electron chi connectivity index (χ4n) is 2.39. The number of rotatable bonds is 4. The maximum Gasteiger partial charge on any atom is 0.175 e. The molecule has 3 aromatic rings. The van der Waals surface area contributed by atoms with E-state index < -0.39 is 9.84 Å². The number of nitrogens with zero attached hydrogens (tertiary/aromatic N) is 2. The Morgan fingerprint density at radius 2 is 1.71 bits per heavy atom. The molecule has 0 spiro atoms. The molecule has 0 atom stereocenters. The zero-order valence-corrected chi connectivity index (χ0v) is 13.8. The molecule has 2 N–H and O–H groups in total. The van der Waals surface area contributed by atoms with Crippen molar-refractivity contribution in [1.29, 1.82) is 0 Å². The van der Waals surface area contributed by atoms with Crippen LogP contribution in [0.4, 0.5) is 4.39 Å². The Morgan fingerprint density at radius 1 is 1.08 bits per heavy atom. The smallest absolute Gasteiger partial charge is 0.175 e. The van der Waals surface area contributed by atoms with Crippen LogP contribution >= 0.6 is 0 Å². The van der Waals surface area contributed by atoms with E-state index in [9.17, 15) is 12.8 Å². The molecule has 0 aliphatic rings. The number of benzene rings is 2. The highest BCUT2D eigenvalue weighted by molar-refractivity contribution is 7.90. The molecule has 2 aromatic carbocycles. The van der Waals surface area contributed by atoms with E-state index in [0.717, 1.165) is 17.5 Å². The second-order valence-electron chi connectivity index (χ2n) is 5.41. The molecule has 0 saturated heterocycles. The van der Waals surface area contributed by atoms with Crippen LogP contribution in [-0.2, 0) is 16.4 Å². The SMILES string of the molecule is CS(=O)(=O)c1ccc(-c2cc(CN)nn2-c2ccc(F)cc2)cc1. The van der Waals surface area contributed by atoms with Crippen LogP contribution in [0, 0.1) is 5.82 Å². The maximum atomic E-state index is 13.1. The van der Waals surface area contributed by atoms with Gasteiger partial charge in [-0.1, -0.05) is 12.1 Å². The first-order valence-electron chi connectivity index (χ1n) is 7.24. The van der Waals surface area contributed by atoms with Crippen molar-refractivity contribution in [3.8, 4) is 16.9 Å². The van der Waals surface area contributed by atoms with Crippen molar-refractivity contribution < 1.29 is 12.8 Å². The average molecular weight is 345 g/mol. The molecule has 1 aromatic heterocycles. The Bertz CT molecular complexity index is 962. The third-order valence-electron chi connectivity index (χ3n) is 3.62. The van der Waals surface area contributed by atoms with Gasteiger partial charge in [0, 0.05) is 18.4 Å². The van der Waals surface area contributed by atoms with Crippen molar-refractivity contribution in [3.63, 3.8) is 0 Å². The molecule has 0 bridgehead atoms. The summed E-state index contributed by atoms with van der Waals surface area (Å²) < 4.78 is 38.0. The van der Waals surface area contributed by atoms with Crippen molar-refractivity contribution in [1.82, 2.24) is 9.78 Å². The van der Waals surface area contributed by atoms with E-state index in [-0.39, 0.29) is 17.3 Å². The van der Waals surface area contributed by atoms with Gasteiger partial charge < -0.3 is 5.73 Å². The predicted molar refractivity (Wildman–Crippen MR) is 90.0 cm³/mol. The van der Waals surface area contributed by atoms with Gasteiger partial charge >= 0.3 is 0 Å². The molecule has 0 unspecified atom stereocenters. The van der Waals surface area contributed by atoms with Gasteiger partial charge in [0.1, 0.15) is 5.82 Å². The highest BCUT2D eigenvalue weighted by Gasteiger charge is 2.13. The molecule has 124 valence electrons. The summed E-state index contributed by atoms with van der Waals surface area (Å²) in [6.45, 7) is 0.266. The second kappa shape index (κ2) is 6.18. The Labute approximate surface area is 139 Å². The van der Waals surface area contributed by atoms with E-state index in [4.69, 9.17) is 5.73 Å². The molecule has 7 heteroatoms. The lowest BCUT2D eigenvalue weighted by atomic mass is 10.1. The van der Waals surface area contributed by atoms with E-state index in [1.807, 2.05) is 6.07 Å². The number of aromatic nitrogens is 2. The minimum atomic E-state index is -3.25. The zero-order valence-electron chi connectivity index (χ0n) is 13.0. The van der Waals surface area contributed by atoms with Crippen LogP contribution in [-0.4, -0.2) is 24.5 Å². The van der Waals surface area contributed by atoms with Crippen LogP contribution in [0.25, 0.3) is 16.9 Å². The molecule has 3 rings (SSSR count). The Kier molecular flexibility index (Phi) is 4.21. The van der Waals surface area contributed by atoms with E-state index in [1.54, 1.807) is 41.1 Å². The minimum Gasteiger partial charge on any atom is -0.325 e. The van der Waals surface area contributed by atoms with Crippen molar-refractivity contribution in [2.75, 3.05) is 6.26 Å². The van der Waals surface area contributed by atoms with Gasteiger partial charge in [-0.25, -0.2) is 17.5 Å². The minimum absolute atomic E-state index is 0.248. The third-order valence-corrected chi connectivity index (χ3v) is 4.75. The van der Waals surface area contributed by atoms with E-state index in [1.165, 1.54) is 12.1 Å². The van der Waals surface area contributed by atoms with Crippen molar-refractivity contribution in [2.24, 2.45) is 5.73 Å². The lowest BCUT2D eigenvalue weighted by Crippen LogP contribution is -2.02. The van der Waals surface area contributed by atoms with Crippen molar-refractivity contribution in [2.45, 2.75) is 11.4 Å². The molecule has 0 aliphatic carbocycles. The van der Waals surface area contributed by atoms with Crippen LogP contribution in [0.3, 0.4) is 0 Å². The summed E-state index contributed by atoms with van der Waals surface area (Å²) in [4.78, 5) is 0.248. The van der Waals surface area contributed by atoms with Crippen molar-refractivity contribution >= 4 is 9.84 Å². The summed E-state index contributed by atoms with van der Waals surface area (Å²) in [6.07, 6.45) is 1.16. The number of nitrogens with two attached hydrogens (primary N) is 1. The molecule has 1 heterocycles. The van der Waals surface area contributed by atoms with E-state index in [0.29, 0.717) is 11.4 Å². The predicted octanol–water partition coefficient (Wildman–Crippen LogP) is 2.54. The average Bonchev–Trinajstić information content (AvgIpc) is 2.99. The number of halogens is 1. The van der Waals surface area contributed by atoms with Crippen LogP contribution in [0.15, 0.2) is 59.5 Å². The van der Waals surface area contributed by atoms with Crippen LogP contribution in [0.1, 0.15) is 5.69 Å². The quantitative estimate of drug-likeness (QED) is 0.788. The van der Waals surface area contributed by atoms with E-state index >= 15 is 0 Å². The van der Waals surface area contributed by atoms with E-state index in [2.05, 4.69) is 5.10 Å². The molecule has 5 nitrogen and oxygen atoms in total. The highest BCUT2D eigenvalue weighted by atomic mass is 32.2. The molecule has 0 radical (unpaired) electrons. The first kappa shape index (κ1) is 16.4. The normalized spacial score (nSPS) is 11.6. The standard InChI is InChI=1S/C17H16FN3O2S/c1-24(22,23)16-8-2-12(3-9-16)17-10-14(11-19)20-21(17)15-6-4-13(18)5-7-15/h2-10H,11,19H2,1H3. The van der Waals surface area contributed by atoms with Gasteiger partial charge in [0.25, 0.3) is 0 Å². The summed E-state index contributed by atoms with van der Waals surface area (Å²) in [7, 11) is -3.25. The van der Waals surface area contributed by atoms with Gasteiger partial charge in [-0.05, 0) is 42.5 Å². The van der Waals surface area contributed by atoms with Crippen LogP contribution in [0.5, 0.6) is 0 Å². The third kappa shape index (κ3) is 3.22. The lowest BCUT2D eigenvalue weighted by Gasteiger charge is -2.08. The first-order chi connectivity index (χ1) is 11.4. The Morgan fingerprint density at radius 3 is 2.25 bits per heavy atom. The summed E-state index contributed by atoms with van der Waals surface area (Å²) in [5.74, 6) is -0.330. The lowest BCUT2D eigenvalue weighted by molar-refractivity contribution is 0.602. The summed E-state index contributed by atoms with van der Waals surface area (Å²) in [6, 6.07) is 14.3.